The number of fused-ring (bicyclic) bond motifs is 2. The first kappa shape index (κ1) is 13.6. The highest BCUT2D eigenvalue weighted by molar-refractivity contribution is 6.05. The molecule has 0 saturated heterocycles. The number of rotatable bonds is 2. The predicted octanol–water partition coefficient (Wildman–Crippen LogP) is 3.81. The second-order valence-corrected chi connectivity index (χ2v) is 5.38. The van der Waals surface area contributed by atoms with Gasteiger partial charge in [-0.05, 0) is 35.9 Å². The number of urea groups is 1. The van der Waals surface area contributed by atoms with Gasteiger partial charge in [-0.25, -0.2) is 4.79 Å². The SMILES string of the molecule is O=C(Nc1ccc2c(c1)CCO2)Nc1cccc2cccnc12. The molecule has 1 aliphatic rings. The normalized spacial score (nSPS) is 12.5. The fourth-order valence-corrected chi connectivity index (χ4v) is 2.75. The molecule has 2 amide bonds. The molecule has 0 saturated carbocycles. The molecule has 2 heterocycles. The van der Waals surface area contributed by atoms with Crippen molar-refractivity contribution >= 4 is 28.3 Å². The average Bonchev–Trinajstić information content (AvgIpc) is 3.03. The largest absolute Gasteiger partial charge is 0.493 e. The van der Waals surface area contributed by atoms with E-state index < -0.39 is 0 Å². The number of nitrogens with zero attached hydrogens (tertiary/aromatic N) is 1. The number of nitrogens with one attached hydrogen (secondary N) is 2. The smallest absolute Gasteiger partial charge is 0.323 e. The fourth-order valence-electron chi connectivity index (χ4n) is 2.75. The van der Waals surface area contributed by atoms with Crippen LogP contribution in [0.15, 0.2) is 54.7 Å². The molecule has 4 rings (SSSR count). The number of hydrogen-bond donors (Lipinski definition) is 2. The average molecular weight is 305 g/mol. The highest BCUT2D eigenvalue weighted by Gasteiger charge is 2.13. The van der Waals surface area contributed by atoms with Crippen molar-refractivity contribution in [1.29, 1.82) is 0 Å². The minimum absolute atomic E-state index is 0.290. The highest BCUT2D eigenvalue weighted by Crippen LogP contribution is 2.28. The zero-order valence-electron chi connectivity index (χ0n) is 12.4. The quantitative estimate of drug-likeness (QED) is 0.756. The summed E-state index contributed by atoms with van der Waals surface area (Å²) in [4.78, 5) is 16.6. The number of pyridine rings is 1. The molecule has 23 heavy (non-hydrogen) atoms. The number of para-hydroxylation sites is 1. The van der Waals surface area contributed by atoms with Gasteiger partial charge in [0.2, 0.25) is 0 Å². The van der Waals surface area contributed by atoms with Crippen LogP contribution in [0.2, 0.25) is 0 Å². The molecule has 0 unspecified atom stereocenters. The van der Waals surface area contributed by atoms with E-state index in [2.05, 4.69) is 15.6 Å². The summed E-state index contributed by atoms with van der Waals surface area (Å²) >= 11 is 0. The van der Waals surface area contributed by atoms with Gasteiger partial charge >= 0.3 is 6.03 Å². The molecule has 0 aliphatic carbocycles. The van der Waals surface area contributed by atoms with Gasteiger partial charge in [0.05, 0.1) is 17.8 Å². The van der Waals surface area contributed by atoms with Crippen LogP contribution in [-0.4, -0.2) is 17.6 Å². The number of carbonyl (C=O) groups is 1. The Labute approximate surface area is 133 Å². The molecule has 0 fully saturated rings. The number of benzene rings is 2. The van der Waals surface area contributed by atoms with Crippen LogP contribution >= 0.6 is 0 Å². The summed E-state index contributed by atoms with van der Waals surface area (Å²) in [6.45, 7) is 0.701. The van der Waals surface area contributed by atoms with Crippen molar-refractivity contribution < 1.29 is 9.53 Å². The maximum Gasteiger partial charge on any atom is 0.323 e. The van der Waals surface area contributed by atoms with E-state index in [9.17, 15) is 4.79 Å². The summed E-state index contributed by atoms with van der Waals surface area (Å²) < 4.78 is 5.47. The Morgan fingerprint density at radius 1 is 1.09 bits per heavy atom. The summed E-state index contributed by atoms with van der Waals surface area (Å²) in [6.07, 6.45) is 2.59. The molecular formula is C18H15N3O2. The van der Waals surface area contributed by atoms with Crippen LogP contribution in [0.4, 0.5) is 16.2 Å². The van der Waals surface area contributed by atoms with E-state index in [-0.39, 0.29) is 6.03 Å². The van der Waals surface area contributed by atoms with Gasteiger partial charge in [-0.1, -0.05) is 18.2 Å². The van der Waals surface area contributed by atoms with Crippen molar-refractivity contribution in [2.45, 2.75) is 6.42 Å². The summed E-state index contributed by atoms with van der Waals surface area (Å²) in [7, 11) is 0. The lowest BCUT2D eigenvalue weighted by atomic mass is 10.1. The lowest BCUT2D eigenvalue weighted by molar-refractivity contribution is 0.262. The van der Waals surface area contributed by atoms with E-state index in [1.165, 1.54) is 0 Å². The van der Waals surface area contributed by atoms with Crippen LogP contribution in [0, 0.1) is 0 Å². The van der Waals surface area contributed by atoms with Gasteiger partial charge < -0.3 is 15.4 Å². The van der Waals surface area contributed by atoms with E-state index >= 15 is 0 Å². The Bertz CT molecular complexity index is 887. The lowest BCUT2D eigenvalue weighted by Crippen LogP contribution is -2.19. The maximum absolute atomic E-state index is 12.2. The van der Waals surface area contributed by atoms with Gasteiger partial charge in [-0.15, -0.1) is 0 Å². The zero-order valence-corrected chi connectivity index (χ0v) is 12.4. The van der Waals surface area contributed by atoms with Crippen LogP contribution in [0.1, 0.15) is 5.56 Å². The Morgan fingerprint density at radius 2 is 2.00 bits per heavy atom. The molecule has 3 aromatic rings. The molecular weight excluding hydrogens is 290 g/mol. The Kier molecular flexibility index (Phi) is 3.31. The number of ether oxygens (including phenoxy) is 1. The third-order valence-electron chi connectivity index (χ3n) is 3.83. The third kappa shape index (κ3) is 2.68. The van der Waals surface area contributed by atoms with Gasteiger partial charge in [0.15, 0.2) is 0 Å². The first-order valence-electron chi connectivity index (χ1n) is 7.47. The molecule has 5 heteroatoms. The molecule has 5 nitrogen and oxygen atoms in total. The van der Waals surface area contributed by atoms with Crippen molar-refractivity contribution in [2.75, 3.05) is 17.2 Å². The van der Waals surface area contributed by atoms with E-state index in [1.54, 1.807) is 6.20 Å². The number of carbonyl (C=O) groups excluding carboxylic acids is 1. The molecule has 0 spiro atoms. The van der Waals surface area contributed by atoms with E-state index in [0.717, 1.165) is 34.3 Å². The number of amides is 2. The third-order valence-corrected chi connectivity index (χ3v) is 3.83. The minimum Gasteiger partial charge on any atom is -0.493 e. The van der Waals surface area contributed by atoms with Crippen LogP contribution in [0.3, 0.4) is 0 Å². The molecule has 2 aromatic carbocycles. The number of anilines is 2. The predicted molar refractivity (Wildman–Crippen MR) is 90.0 cm³/mol. The fraction of sp³-hybridized carbons (Fsp3) is 0.111. The van der Waals surface area contributed by atoms with Crippen molar-refractivity contribution in [3.63, 3.8) is 0 Å². The van der Waals surface area contributed by atoms with Crippen LogP contribution in [-0.2, 0) is 6.42 Å². The summed E-state index contributed by atoms with van der Waals surface area (Å²) in [5.74, 6) is 0.897. The van der Waals surface area contributed by atoms with Gasteiger partial charge in [0.1, 0.15) is 5.75 Å². The molecule has 0 atom stereocenters. The molecule has 0 bridgehead atoms. The zero-order chi connectivity index (χ0) is 15.6. The molecule has 114 valence electrons. The second kappa shape index (κ2) is 5.61. The standard InChI is InChI=1S/C18H15N3O2/c22-18(20-14-6-7-16-13(11-14)8-10-23-16)21-15-5-1-3-12-4-2-9-19-17(12)15/h1-7,9,11H,8,10H2,(H2,20,21,22). The highest BCUT2D eigenvalue weighted by atomic mass is 16.5. The van der Waals surface area contributed by atoms with Crippen molar-refractivity contribution in [1.82, 2.24) is 4.98 Å². The first-order chi connectivity index (χ1) is 11.3. The number of aromatic nitrogens is 1. The molecule has 1 aromatic heterocycles. The molecule has 2 N–H and O–H groups in total. The lowest BCUT2D eigenvalue weighted by Gasteiger charge is -2.10. The van der Waals surface area contributed by atoms with E-state index in [0.29, 0.717) is 12.3 Å². The van der Waals surface area contributed by atoms with Crippen molar-refractivity contribution in [3.8, 4) is 5.75 Å². The summed E-state index contributed by atoms with van der Waals surface area (Å²) in [6, 6.07) is 14.9. The molecule has 0 radical (unpaired) electrons. The topological polar surface area (TPSA) is 63.2 Å². The maximum atomic E-state index is 12.2. The molecule has 1 aliphatic heterocycles. The van der Waals surface area contributed by atoms with Crippen molar-refractivity contribution in [3.05, 3.63) is 60.3 Å². The minimum atomic E-state index is -0.290. The van der Waals surface area contributed by atoms with Crippen LogP contribution in [0.5, 0.6) is 5.75 Å². The van der Waals surface area contributed by atoms with Crippen LogP contribution < -0.4 is 15.4 Å². The Morgan fingerprint density at radius 3 is 2.96 bits per heavy atom. The Hall–Kier alpha value is -3.08. The van der Waals surface area contributed by atoms with Gasteiger partial charge in [0, 0.05) is 23.7 Å². The van der Waals surface area contributed by atoms with E-state index in [1.807, 2.05) is 48.5 Å². The summed E-state index contributed by atoms with van der Waals surface area (Å²) in [5, 5.41) is 6.69. The monoisotopic (exact) mass is 305 g/mol. The van der Waals surface area contributed by atoms with Gasteiger partial charge in [0.25, 0.3) is 0 Å². The van der Waals surface area contributed by atoms with E-state index in [4.69, 9.17) is 4.74 Å². The second-order valence-electron chi connectivity index (χ2n) is 5.38. The van der Waals surface area contributed by atoms with Gasteiger partial charge in [-0.3, -0.25) is 4.98 Å². The number of hydrogen-bond acceptors (Lipinski definition) is 3. The van der Waals surface area contributed by atoms with Crippen molar-refractivity contribution in [2.24, 2.45) is 0 Å². The van der Waals surface area contributed by atoms with Gasteiger partial charge in [-0.2, -0.15) is 0 Å². The Balaban J connectivity index is 1.53. The summed E-state index contributed by atoms with van der Waals surface area (Å²) in [5.41, 5.74) is 3.33. The first-order valence-corrected chi connectivity index (χ1v) is 7.47. The van der Waals surface area contributed by atoms with Crippen LogP contribution in [0.25, 0.3) is 10.9 Å².